The number of benzene rings is 1. The Morgan fingerprint density at radius 2 is 1.88 bits per heavy atom. The van der Waals surface area contributed by atoms with Gasteiger partial charge >= 0.3 is 0 Å². The van der Waals surface area contributed by atoms with E-state index >= 15 is 0 Å². The minimum Gasteiger partial charge on any atom is -0.366 e. The number of nitro benzene ring substituents is 1. The third-order valence-electron chi connectivity index (χ3n) is 5.48. The Labute approximate surface area is 155 Å². The fourth-order valence-corrected chi connectivity index (χ4v) is 5.55. The number of anilines is 1. The first-order valence-electron chi connectivity index (χ1n) is 9.33. The largest absolute Gasteiger partial charge is 0.366 e. The third kappa shape index (κ3) is 4.01. The van der Waals surface area contributed by atoms with Gasteiger partial charge in [-0.2, -0.15) is 0 Å². The lowest BCUT2D eigenvalue weighted by atomic mass is 9.75. The molecular weight excluding hydrogens is 354 g/mol. The van der Waals surface area contributed by atoms with Gasteiger partial charge in [-0.05, 0) is 50.7 Å². The molecule has 1 heterocycles. The maximum absolute atomic E-state index is 12.3. The third-order valence-corrected chi connectivity index (χ3v) is 7.13. The Hall–Kier alpha value is -1.67. The average Bonchev–Trinajstić information content (AvgIpc) is 2.59. The quantitative estimate of drug-likeness (QED) is 0.624. The maximum Gasteiger partial charge on any atom is 0.293 e. The number of hydrogen-bond donors (Lipinski definition) is 1. The van der Waals surface area contributed by atoms with Crippen LogP contribution < -0.4 is 9.62 Å². The van der Waals surface area contributed by atoms with Gasteiger partial charge in [0.25, 0.3) is 5.69 Å². The minimum absolute atomic E-state index is 0.0609. The summed E-state index contributed by atoms with van der Waals surface area (Å²) in [4.78, 5) is 13.1. The van der Waals surface area contributed by atoms with Crippen LogP contribution in [0.3, 0.4) is 0 Å². The molecule has 3 rings (SSSR count). The van der Waals surface area contributed by atoms with Gasteiger partial charge in [-0.15, -0.1) is 0 Å². The van der Waals surface area contributed by atoms with Crippen molar-refractivity contribution in [2.75, 3.05) is 18.0 Å². The summed E-state index contributed by atoms with van der Waals surface area (Å²) in [7, 11) is -3.76. The van der Waals surface area contributed by atoms with Gasteiger partial charge in [0.1, 0.15) is 5.69 Å². The fraction of sp³-hybridized carbons (Fsp3) is 0.667. The van der Waals surface area contributed by atoms with Gasteiger partial charge in [-0.3, -0.25) is 10.1 Å². The molecule has 0 radical (unpaired) electrons. The van der Waals surface area contributed by atoms with E-state index in [1.54, 1.807) is 19.9 Å². The summed E-state index contributed by atoms with van der Waals surface area (Å²) in [5.41, 5.74) is 0.397. The second-order valence-corrected chi connectivity index (χ2v) is 9.44. The van der Waals surface area contributed by atoms with E-state index in [-0.39, 0.29) is 16.6 Å². The summed E-state index contributed by atoms with van der Waals surface area (Å²) >= 11 is 0. The van der Waals surface area contributed by atoms with Gasteiger partial charge in [0.05, 0.1) is 9.82 Å². The summed E-state index contributed by atoms with van der Waals surface area (Å²) in [6.07, 6.45) is 6.01. The minimum atomic E-state index is -3.76. The zero-order chi connectivity index (χ0) is 18.9. The predicted molar refractivity (Wildman–Crippen MR) is 101 cm³/mol. The Bertz CT molecular complexity index is 779. The molecule has 1 aliphatic heterocycles. The topological polar surface area (TPSA) is 92.6 Å². The van der Waals surface area contributed by atoms with Crippen molar-refractivity contribution in [2.24, 2.45) is 11.8 Å². The normalized spacial score (nSPS) is 23.7. The Kier molecular flexibility index (Phi) is 5.53. The van der Waals surface area contributed by atoms with Crippen molar-refractivity contribution in [3.05, 3.63) is 28.3 Å². The van der Waals surface area contributed by atoms with Crippen LogP contribution in [0.25, 0.3) is 0 Å². The lowest BCUT2D eigenvalue weighted by molar-refractivity contribution is -0.384. The molecular formula is C18H27N3O4S. The van der Waals surface area contributed by atoms with E-state index in [4.69, 9.17) is 0 Å². The number of nitro groups is 1. The molecule has 1 saturated heterocycles. The highest BCUT2D eigenvalue weighted by Crippen LogP contribution is 2.40. The first-order valence-corrected chi connectivity index (χ1v) is 10.8. The molecule has 26 heavy (non-hydrogen) atoms. The van der Waals surface area contributed by atoms with Gasteiger partial charge in [0.2, 0.25) is 10.0 Å². The van der Waals surface area contributed by atoms with Crippen molar-refractivity contribution < 1.29 is 13.3 Å². The van der Waals surface area contributed by atoms with Gasteiger partial charge in [-0.25, -0.2) is 13.1 Å². The molecule has 2 unspecified atom stereocenters. The first kappa shape index (κ1) is 19.1. The van der Waals surface area contributed by atoms with Crippen LogP contribution in [0.15, 0.2) is 23.1 Å². The zero-order valence-corrected chi connectivity index (χ0v) is 16.2. The van der Waals surface area contributed by atoms with Crippen molar-refractivity contribution in [2.45, 2.75) is 56.9 Å². The van der Waals surface area contributed by atoms with Crippen molar-refractivity contribution >= 4 is 21.4 Å². The van der Waals surface area contributed by atoms with E-state index in [2.05, 4.69) is 9.62 Å². The molecule has 0 aromatic heterocycles. The van der Waals surface area contributed by atoms with Gasteiger partial charge in [0.15, 0.2) is 0 Å². The highest BCUT2D eigenvalue weighted by Gasteiger charge is 2.33. The monoisotopic (exact) mass is 381 g/mol. The number of rotatable bonds is 5. The summed E-state index contributed by atoms with van der Waals surface area (Å²) in [6, 6.07) is 3.98. The van der Waals surface area contributed by atoms with Crippen LogP contribution >= 0.6 is 0 Å². The molecule has 1 saturated carbocycles. The lowest BCUT2D eigenvalue weighted by Gasteiger charge is -2.42. The Morgan fingerprint density at radius 1 is 1.19 bits per heavy atom. The molecule has 0 bridgehead atoms. The predicted octanol–water partition coefficient (Wildman–Crippen LogP) is 3.30. The molecule has 1 N–H and O–H groups in total. The Balaban J connectivity index is 1.89. The highest BCUT2D eigenvalue weighted by molar-refractivity contribution is 7.89. The van der Waals surface area contributed by atoms with Crippen molar-refractivity contribution in [3.8, 4) is 0 Å². The van der Waals surface area contributed by atoms with Crippen LogP contribution in [-0.2, 0) is 10.0 Å². The summed E-state index contributed by atoms with van der Waals surface area (Å²) in [5, 5.41) is 11.6. The molecule has 1 aromatic rings. The van der Waals surface area contributed by atoms with E-state index in [0.29, 0.717) is 11.6 Å². The van der Waals surface area contributed by atoms with Gasteiger partial charge in [-0.1, -0.05) is 19.3 Å². The van der Waals surface area contributed by atoms with Crippen molar-refractivity contribution in [1.82, 2.24) is 4.72 Å². The van der Waals surface area contributed by atoms with E-state index in [0.717, 1.165) is 25.4 Å². The summed E-state index contributed by atoms with van der Waals surface area (Å²) < 4.78 is 27.2. The van der Waals surface area contributed by atoms with E-state index in [1.807, 2.05) is 0 Å². The lowest BCUT2D eigenvalue weighted by Crippen LogP contribution is -2.42. The second kappa shape index (κ2) is 7.52. The number of sulfonamides is 1. The highest BCUT2D eigenvalue weighted by atomic mass is 32.2. The molecule has 2 aliphatic rings. The summed E-state index contributed by atoms with van der Waals surface area (Å²) in [5.74, 6) is 1.32. The van der Waals surface area contributed by atoms with Crippen LogP contribution in [-0.4, -0.2) is 32.5 Å². The van der Waals surface area contributed by atoms with Crippen molar-refractivity contribution in [3.63, 3.8) is 0 Å². The van der Waals surface area contributed by atoms with Crippen LogP contribution in [0.2, 0.25) is 0 Å². The number of hydrogen-bond acceptors (Lipinski definition) is 5. The fourth-order valence-electron chi connectivity index (χ4n) is 4.28. The SMILES string of the molecule is CC(C)NS(=O)(=O)c1ccc(N2CCC3CCCCC3C2)c([N+](=O)[O-])c1. The number of piperidine rings is 1. The Morgan fingerprint density at radius 3 is 2.54 bits per heavy atom. The maximum atomic E-state index is 12.3. The average molecular weight is 381 g/mol. The van der Waals surface area contributed by atoms with Crippen molar-refractivity contribution in [1.29, 1.82) is 0 Å². The zero-order valence-electron chi connectivity index (χ0n) is 15.3. The molecule has 1 aromatic carbocycles. The second-order valence-electron chi connectivity index (χ2n) is 7.72. The van der Waals surface area contributed by atoms with Crippen LogP contribution in [0.4, 0.5) is 11.4 Å². The molecule has 7 nitrogen and oxygen atoms in total. The molecule has 8 heteroatoms. The first-order chi connectivity index (χ1) is 12.3. The molecule has 0 amide bonds. The van der Waals surface area contributed by atoms with Gasteiger partial charge < -0.3 is 4.90 Å². The molecule has 2 atom stereocenters. The summed E-state index contributed by atoms with van der Waals surface area (Å²) in [6.45, 7) is 5.05. The number of nitrogens with zero attached hydrogens (tertiary/aromatic N) is 2. The van der Waals surface area contributed by atoms with Crippen LogP contribution in [0, 0.1) is 22.0 Å². The van der Waals surface area contributed by atoms with E-state index in [9.17, 15) is 18.5 Å². The molecule has 144 valence electrons. The van der Waals surface area contributed by atoms with E-state index < -0.39 is 14.9 Å². The molecule has 1 aliphatic carbocycles. The number of fused-ring (bicyclic) bond motifs is 1. The van der Waals surface area contributed by atoms with Crippen LogP contribution in [0.5, 0.6) is 0 Å². The van der Waals surface area contributed by atoms with Crippen LogP contribution in [0.1, 0.15) is 46.0 Å². The molecule has 0 spiro atoms. The van der Waals surface area contributed by atoms with E-state index in [1.165, 1.54) is 37.8 Å². The standard InChI is InChI=1S/C18H27N3O4S/c1-13(2)19-26(24,25)16-7-8-17(18(11-16)21(22)23)20-10-9-14-5-3-4-6-15(14)12-20/h7-8,11,13-15,19H,3-6,9-10,12H2,1-2H3. The smallest absolute Gasteiger partial charge is 0.293 e. The molecule has 2 fully saturated rings. The number of nitrogens with one attached hydrogen (secondary N) is 1. The van der Waals surface area contributed by atoms with Gasteiger partial charge in [0, 0.05) is 25.2 Å².